The van der Waals surface area contributed by atoms with E-state index in [1.807, 2.05) is 12.1 Å². The summed E-state index contributed by atoms with van der Waals surface area (Å²) in [7, 11) is 0. The lowest BCUT2D eigenvalue weighted by molar-refractivity contribution is 0.114. The van der Waals surface area contributed by atoms with Crippen LogP contribution in [-0.2, 0) is 6.42 Å². The van der Waals surface area contributed by atoms with Gasteiger partial charge >= 0.3 is 0 Å². The fraction of sp³-hybridized carbons (Fsp3) is 0.625. The first-order valence-electron chi connectivity index (χ1n) is 7.34. The van der Waals surface area contributed by atoms with Gasteiger partial charge in [-0.15, -0.1) is 0 Å². The molecule has 0 aromatic heterocycles. The summed E-state index contributed by atoms with van der Waals surface area (Å²) in [5.41, 5.74) is 7.33. The molecule has 1 aliphatic heterocycles. The number of hydrogen-bond acceptors (Lipinski definition) is 2. The van der Waals surface area contributed by atoms with Gasteiger partial charge in [0.1, 0.15) is 0 Å². The third kappa shape index (κ3) is 3.71. The highest BCUT2D eigenvalue weighted by molar-refractivity contribution is 6.31. The maximum atomic E-state index is 6.30. The highest BCUT2D eigenvalue weighted by Crippen LogP contribution is 2.27. The van der Waals surface area contributed by atoms with Crippen molar-refractivity contribution in [3.63, 3.8) is 0 Å². The van der Waals surface area contributed by atoms with Crippen LogP contribution in [-0.4, -0.2) is 30.1 Å². The molecule has 0 aliphatic carbocycles. The maximum Gasteiger partial charge on any atom is 0.0438 e. The molecule has 2 N–H and O–H groups in total. The molecule has 1 aliphatic rings. The van der Waals surface area contributed by atoms with Crippen LogP contribution in [0.5, 0.6) is 0 Å². The Kier molecular flexibility index (Phi) is 5.26. The molecule has 0 saturated carbocycles. The van der Waals surface area contributed by atoms with Crippen LogP contribution in [0.15, 0.2) is 24.3 Å². The molecule has 2 rings (SSSR count). The van der Waals surface area contributed by atoms with Crippen LogP contribution in [0.25, 0.3) is 0 Å². The lowest BCUT2D eigenvalue weighted by Gasteiger charge is -2.40. The number of hydrogen-bond donors (Lipinski definition) is 1. The molecule has 3 heteroatoms. The van der Waals surface area contributed by atoms with E-state index in [0.29, 0.717) is 6.54 Å². The van der Waals surface area contributed by atoms with Crippen LogP contribution in [0, 0.1) is 0 Å². The molecule has 1 heterocycles. The minimum absolute atomic E-state index is 0.0231. The van der Waals surface area contributed by atoms with Crippen LogP contribution >= 0.6 is 11.6 Å². The molecule has 1 saturated heterocycles. The molecule has 19 heavy (non-hydrogen) atoms. The van der Waals surface area contributed by atoms with Crippen LogP contribution < -0.4 is 5.73 Å². The SMILES string of the molecule is CC(CN)(Cc1ccccc1Cl)N1CCCCCC1. The van der Waals surface area contributed by atoms with Crippen LogP contribution in [0.3, 0.4) is 0 Å². The second-order valence-corrected chi connectivity index (χ2v) is 6.28. The molecule has 2 nitrogen and oxygen atoms in total. The zero-order chi connectivity index (χ0) is 13.7. The van der Waals surface area contributed by atoms with Gasteiger partial charge in [0.2, 0.25) is 0 Å². The fourth-order valence-electron chi connectivity index (χ4n) is 2.98. The number of likely N-dealkylation sites (tertiary alicyclic amines) is 1. The van der Waals surface area contributed by atoms with Crippen molar-refractivity contribution in [2.75, 3.05) is 19.6 Å². The summed E-state index contributed by atoms with van der Waals surface area (Å²) >= 11 is 6.30. The van der Waals surface area contributed by atoms with Gasteiger partial charge in [0, 0.05) is 17.1 Å². The van der Waals surface area contributed by atoms with Crippen molar-refractivity contribution < 1.29 is 0 Å². The van der Waals surface area contributed by atoms with E-state index in [1.165, 1.54) is 31.2 Å². The van der Waals surface area contributed by atoms with Gasteiger partial charge in [0.15, 0.2) is 0 Å². The third-order valence-corrected chi connectivity index (χ3v) is 4.71. The third-order valence-electron chi connectivity index (χ3n) is 4.34. The van der Waals surface area contributed by atoms with Crippen molar-refractivity contribution in [1.29, 1.82) is 0 Å². The molecular weight excluding hydrogens is 256 g/mol. The summed E-state index contributed by atoms with van der Waals surface area (Å²) in [6.45, 7) is 5.29. The number of halogens is 1. The average Bonchev–Trinajstić information content (AvgIpc) is 2.71. The Bertz CT molecular complexity index is 399. The van der Waals surface area contributed by atoms with E-state index >= 15 is 0 Å². The number of nitrogens with zero attached hydrogens (tertiary/aromatic N) is 1. The molecule has 106 valence electrons. The van der Waals surface area contributed by atoms with E-state index in [2.05, 4.69) is 24.0 Å². The predicted molar refractivity (Wildman–Crippen MR) is 82.7 cm³/mol. The lowest BCUT2D eigenvalue weighted by atomic mass is 9.90. The zero-order valence-corrected chi connectivity index (χ0v) is 12.6. The summed E-state index contributed by atoms with van der Waals surface area (Å²) in [4.78, 5) is 2.57. The molecular formula is C16H25ClN2. The molecule has 1 unspecified atom stereocenters. The summed E-state index contributed by atoms with van der Waals surface area (Å²) in [6, 6.07) is 8.13. The van der Waals surface area contributed by atoms with E-state index in [0.717, 1.165) is 24.5 Å². The Balaban J connectivity index is 2.14. The van der Waals surface area contributed by atoms with Crippen molar-refractivity contribution in [2.45, 2.75) is 44.6 Å². The first-order valence-corrected chi connectivity index (χ1v) is 7.72. The second-order valence-electron chi connectivity index (χ2n) is 5.87. The lowest BCUT2D eigenvalue weighted by Crippen LogP contribution is -2.53. The Morgan fingerprint density at radius 3 is 2.37 bits per heavy atom. The Morgan fingerprint density at radius 1 is 1.16 bits per heavy atom. The minimum atomic E-state index is 0.0231. The predicted octanol–water partition coefficient (Wildman–Crippen LogP) is 3.48. The normalized spacial score (nSPS) is 20.8. The molecule has 0 bridgehead atoms. The van der Waals surface area contributed by atoms with Gasteiger partial charge in [0.05, 0.1) is 0 Å². The molecule has 1 aromatic rings. The van der Waals surface area contributed by atoms with Gasteiger partial charge in [-0.2, -0.15) is 0 Å². The zero-order valence-electron chi connectivity index (χ0n) is 11.9. The largest absolute Gasteiger partial charge is 0.329 e. The highest BCUT2D eigenvalue weighted by atomic mass is 35.5. The van der Waals surface area contributed by atoms with Crippen molar-refractivity contribution in [1.82, 2.24) is 4.90 Å². The molecule has 1 aromatic carbocycles. The first kappa shape index (κ1) is 14.8. The topological polar surface area (TPSA) is 29.3 Å². The van der Waals surface area contributed by atoms with Crippen molar-refractivity contribution in [3.05, 3.63) is 34.9 Å². The van der Waals surface area contributed by atoms with E-state index in [4.69, 9.17) is 17.3 Å². The van der Waals surface area contributed by atoms with Gasteiger partial charge < -0.3 is 5.73 Å². The fourth-order valence-corrected chi connectivity index (χ4v) is 3.18. The number of benzene rings is 1. The summed E-state index contributed by atoms with van der Waals surface area (Å²) in [5, 5.41) is 0.858. The summed E-state index contributed by atoms with van der Waals surface area (Å²) in [6.07, 6.45) is 6.21. The molecule has 0 amide bonds. The van der Waals surface area contributed by atoms with E-state index in [1.54, 1.807) is 0 Å². The van der Waals surface area contributed by atoms with Gasteiger partial charge in [-0.1, -0.05) is 42.6 Å². The van der Waals surface area contributed by atoms with Gasteiger partial charge in [0.25, 0.3) is 0 Å². The van der Waals surface area contributed by atoms with Crippen molar-refractivity contribution in [2.24, 2.45) is 5.73 Å². The minimum Gasteiger partial charge on any atom is -0.329 e. The monoisotopic (exact) mass is 280 g/mol. The first-order chi connectivity index (χ1) is 9.15. The standard InChI is InChI=1S/C16H25ClN2/c1-16(13-18,19-10-6-2-3-7-11-19)12-14-8-4-5-9-15(14)17/h4-5,8-9H,2-3,6-7,10-13,18H2,1H3. The Morgan fingerprint density at radius 2 is 1.79 bits per heavy atom. The molecule has 1 atom stereocenters. The molecule has 1 fully saturated rings. The number of rotatable bonds is 4. The van der Waals surface area contributed by atoms with Crippen LogP contribution in [0.1, 0.15) is 38.2 Å². The summed E-state index contributed by atoms with van der Waals surface area (Å²) < 4.78 is 0. The molecule has 0 radical (unpaired) electrons. The quantitative estimate of drug-likeness (QED) is 0.915. The molecule has 0 spiro atoms. The maximum absolute atomic E-state index is 6.30. The van der Waals surface area contributed by atoms with Crippen LogP contribution in [0.4, 0.5) is 0 Å². The van der Waals surface area contributed by atoms with E-state index in [-0.39, 0.29) is 5.54 Å². The van der Waals surface area contributed by atoms with Gasteiger partial charge in [-0.25, -0.2) is 0 Å². The van der Waals surface area contributed by atoms with Gasteiger partial charge in [-0.05, 0) is 50.9 Å². The Labute approximate surface area is 121 Å². The average molecular weight is 281 g/mol. The van der Waals surface area contributed by atoms with E-state index in [9.17, 15) is 0 Å². The summed E-state index contributed by atoms with van der Waals surface area (Å²) in [5.74, 6) is 0. The second kappa shape index (κ2) is 6.74. The van der Waals surface area contributed by atoms with Crippen LogP contribution in [0.2, 0.25) is 5.02 Å². The smallest absolute Gasteiger partial charge is 0.0438 e. The van der Waals surface area contributed by atoms with Crippen molar-refractivity contribution >= 4 is 11.6 Å². The Hall–Kier alpha value is -0.570. The van der Waals surface area contributed by atoms with Crippen molar-refractivity contribution in [3.8, 4) is 0 Å². The van der Waals surface area contributed by atoms with E-state index < -0.39 is 0 Å². The van der Waals surface area contributed by atoms with Gasteiger partial charge in [-0.3, -0.25) is 4.90 Å². The highest BCUT2D eigenvalue weighted by Gasteiger charge is 2.31. The number of nitrogens with two attached hydrogens (primary N) is 1.